The first-order valence-electron chi connectivity index (χ1n) is 10.2. The second kappa shape index (κ2) is 10.5. The van der Waals surface area contributed by atoms with Crippen LogP contribution in [0.4, 0.5) is 0 Å². The standard InChI is InChI=1S/C23H29N3O3S/c1-25(30(28,29)16-13-20-7-3-2-4-8-20)19-23(27)24-17-21-9-11-22(12-10-21)18-26-14-5-6-15-26/h2-4,7-13,16H,5-6,14-15,17-19H2,1H3,(H,24,27)/b16-13+. The normalized spacial score (nSPS) is 15.1. The van der Waals surface area contributed by atoms with Crippen molar-refractivity contribution >= 4 is 22.0 Å². The highest BCUT2D eigenvalue weighted by molar-refractivity contribution is 7.92. The Morgan fingerprint density at radius 2 is 1.67 bits per heavy atom. The maximum absolute atomic E-state index is 12.3. The van der Waals surface area contributed by atoms with E-state index < -0.39 is 10.0 Å². The molecule has 2 aromatic rings. The zero-order valence-corrected chi connectivity index (χ0v) is 18.1. The van der Waals surface area contributed by atoms with E-state index in [0.717, 1.165) is 40.5 Å². The molecular weight excluding hydrogens is 398 g/mol. The smallest absolute Gasteiger partial charge is 0.236 e. The Kier molecular flexibility index (Phi) is 7.79. The number of carbonyl (C=O) groups excluding carboxylic acids is 1. The van der Waals surface area contributed by atoms with E-state index in [0.29, 0.717) is 6.54 Å². The Bertz CT molecular complexity index is 951. The summed E-state index contributed by atoms with van der Waals surface area (Å²) in [6.45, 7) is 3.43. The molecule has 7 heteroatoms. The van der Waals surface area contributed by atoms with E-state index in [2.05, 4.69) is 22.3 Å². The molecule has 3 rings (SSSR count). The van der Waals surface area contributed by atoms with Crippen LogP contribution >= 0.6 is 0 Å². The van der Waals surface area contributed by atoms with Crippen LogP contribution in [0.3, 0.4) is 0 Å². The highest BCUT2D eigenvalue weighted by atomic mass is 32.2. The predicted molar refractivity (Wildman–Crippen MR) is 120 cm³/mol. The van der Waals surface area contributed by atoms with E-state index >= 15 is 0 Å². The van der Waals surface area contributed by atoms with E-state index in [1.807, 2.05) is 42.5 Å². The number of likely N-dealkylation sites (tertiary alicyclic amines) is 1. The van der Waals surface area contributed by atoms with Gasteiger partial charge in [-0.05, 0) is 48.7 Å². The lowest BCUT2D eigenvalue weighted by Gasteiger charge is -2.15. The minimum atomic E-state index is -3.67. The molecule has 0 aromatic heterocycles. The van der Waals surface area contributed by atoms with Gasteiger partial charge in [0.2, 0.25) is 15.9 Å². The summed E-state index contributed by atoms with van der Waals surface area (Å²) in [5.41, 5.74) is 3.04. The van der Waals surface area contributed by atoms with E-state index in [1.165, 1.54) is 31.5 Å². The van der Waals surface area contributed by atoms with Gasteiger partial charge in [-0.15, -0.1) is 0 Å². The minimum absolute atomic E-state index is 0.228. The zero-order chi connectivity index (χ0) is 21.4. The average molecular weight is 428 g/mol. The quantitative estimate of drug-likeness (QED) is 0.668. The van der Waals surface area contributed by atoms with Crippen molar-refractivity contribution in [3.05, 3.63) is 76.7 Å². The molecule has 0 unspecified atom stereocenters. The summed E-state index contributed by atoms with van der Waals surface area (Å²) < 4.78 is 25.7. The van der Waals surface area contributed by atoms with Crippen molar-refractivity contribution < 1.29 is 13.2 Å². The summed E-state index contributed by atoms with van der Waals surface area (Å²) in [6.07, 6.45) is 4.07. The van der Waals surface area contributed by atoms with Crippen molar-refractivity contribution in [1.29, 1.82) is 0 Å². The van der Waals surface area contributed by atoms with Gasteiger partial charge in [0.25, 0.3) is 0 Å². The van der Waals surface area contributed by atoms with E-state index in [4.69, 9.17) is 0 Å². The van der Waals surface area contributed by atoms with Crippen LogP contribution in [-0.4, -0.2) is 50.2 Å². The van der Waals surface area contributed by atoms with Crippen LogP contribution in [0.1, 0.15) is 29.5 Å². The Balaban J connectivity index is 1.45. The molecule has 0 bridgehead atoms. The molecule has 2 aromatic carbocycles. The molecule has 1 aliphatic rings. The Morgan fingerprint density at radius 1 is 1.03 bits per heavy atom. The number of benzene rings is 2. The highest BCUT2D eigenvalue weighted by Gasteiger charge is 2.17. The number of hydrogen-bond acceptors (Lipinski definition) is 4. The Labute approximate surface area is 179 Å². The molecule has 160 valence electrons. The van der Waals surface area contributed by atoms with Crippen molar-refractivity contribution in [1.82, 2.24) is 14.5 Å². The third-order valence-electron chi connectivity index (χ3n) is 5.15. The van der Waals surface area contributed by atoms with Gasteiger partial charge in [-0.2, -0.15) is 4.31 Å². The number of amides is 1. The molecule has 1 aliphatic heterocycles. The molecule has 1 N–H and O–H groups in total. The lowest BCUT2D eigenvalue weighted by Crippen LogP contribution is -2.37. The molecule has 1 heterocycles. The number of likely N-dealkylation sites (N-methyl/N-ethyl adjacent to an activating group) is 1. The fraction of sp³-hybridized carbons (Fsp3) is 0.348. The molecule has 30 heavy (non-hydrogen) atoms. The van der Waals surface area contributed by atoms with E-state index in [1.54, 1.807) is 0 Å². The first-order chi connectivity index (χ1) is 14.4. The van der Waals surface area contributed by atoms with E-state index in [9.17, 15) is 13.2 Å². The fourth-order valence-corrected chi connectivity index (χ4v) is 4.18. The van der Waals surface area contributed by atoms with Crippen molar-refractivity contribution in [3.63, 3.8) is 0 Å². The number of sulfonamides is 1. The zero-order valence-electron chi connectivity index (χ0n) is 17.3. The van der Waals surface area contributed by atoms with Crippen LogP contribution in [0, 0.1) is 0 Å². The minimum Gasteiger partial charge on any atom is -0.351 e. The van der Waals surface area contributed by atoms with Gasteiger partial charge in [0.1, 0.15) is 0 Å². The molecule has 6 nitrogen and oxygen atoms in total. The lowest BCUT2D eigenvalue weighted by molar-refractivity contribution is -0.121. The highest BCUT2D eigenvalue weighted by Crippen LogP contribution is 2.13. The molecule has 1 fully saturated rings. The third kappa shape index (κ3) is 6.79. The molecule has 1 amide bonds. The average Bonchev–Trinajstić information content (AvgIpc) is 3.25. The van der Waals surface area contributed by atoms with Gasteiger partial charge in [-0.25, -0.2) is 8.42 Å². The second-order valence-electron chi connectivity index (χ2n) is 7.59. The Morgan fingerprint density at radius 3 is 2.33 bits per heavy atom. The number of nitrogens with zero attached hydrogens (tertiary/aromatic N) is 2. The monoisotopic (exact) mass is 427 g/mol. The van der Waals surface area contributed by atoms with Crippen molar-refractivity contribution in [2.75, 3.05) is 26.7 Å². The molecule has 0 atom stereocenters. The second-order valence-corrected chi connectivity index (χ2v) is 9.52. The van der Waals surface area contributed by atoms with Crippen LogP contribution in [-0.2, 0) is 27.9 Å². The van der Waals surface area contributed by atoms with Crippen LogP contribution in [0.15, 0.2) is 60.0 Å². The predicted octanol–water partition coefficient (Wildman–Crippen LogP) is 2.83. The molecule has 1 saturated heterocycles. The van der Waals surface area contributed by atoms with Crippen LogP contribution in [0.5, 0.6) is 0 Å². The number of nitrogens with one attached hydrogen (secondary N) is 1. The molecule has 0 spiro atoms. The largest absolute Gasteiger partial charge is 0.351 e. The van der Waals surface area contributed by atoms with E-state index in [-0.39, 0.29) is 12.5 Å². The maximum atomic E-state index is 12.3. The summed E-state index contributed by atoms with van der Waals surface area (Å²) >= 11 is 0. The van der Waals surface area contributed by atoms with Gasteiger partial charge in [-0.1, -0.05) is 54.6 Å². The summed E-state index contributed by atoms with van der Waals surface area (Å²) in [5.74, 6) is -0.338. The van der Waals surface area contributed by atoms with Crippen LogP contribution in [0.2, 0.25) is 0 Å². The summed E-state index contributed by atoms with van der Waals surface area (Å²) in [4.78, 5) is 14.6. The fourth-order valence-electron chi connectivity index (χ4n) is 3.34. The molecule has 0 saturated carbocycles. The van der Waals surface area contributed by atoms with Crippen molar-refractivity contribution in [2.24, 2.45) is 0 Å². The SMILES string of the molecule is CN(CC(=O)NCc1ccc(CN2CCCC2)cc1)S(=O)(=O)/C=C/c1ccccc1. The lowest BCUT2D eigenvalue weighted by atomic mass is 10.1. The first kappa shape index (κ1) is 22.2. The van der Waals surface area contributed by atoms with Gasteiger partial charge < -0.3 is 5.32 Å². The molecular formula is C23H29N3O3S. The van der Waals surface area contributed by atoms with Crippen molar-refractivity contribution in [2.45, 2.75) is 25.9 Å². The van der Waals surface area contributed by atoms with Gasteiger partial charge >= 0.3 is 0 Å². The number of hydrogen-bond donors (Lipinski definition) is 1. The summed E-state index contributed by atoms with van der Waals surface area (Å²) in [6, 6.07) is 17.4. The van der Waals surface area contributed by atoms with Gasteiger partial charge in [0.05, 0.1) is 6.54 Å². The third-order valence-corrected chi connectivity index (χ3v) is 6.63. The van der Waals surface area contributed by atoms with Gasteiger partial charge in [0.15, 0.2) is 0 Å². The maximum Gasteiger partial charge on any atom is 0.236 e. The van der Waals surface area contributed by atoms with Crippen LogP contribution < -0.4 is 5.32 Å². The topological polar surface area (TPSA) is 69.7 Å². The van der Waals surface area contributed by atoms with Crippen molar-refractivity contribution in [3.8, 4) is 0 Å². The Hall–Kier alpha value is -2.48. The molecule has 0 aliphatic carbocycles. The summed E-state index contributed by atoms with van der Waals surface area (Å²) in [5, 5.41) is 3.91. The number of carbonyl (C=O) groups is 1. The molecule has 0 radical (unpaired) electrons. The first-order valence-corrected chi connectivity index (χ1v) is 11.7. The number of rotatable bonds is 9. The van der Waals surface area contributed by atoms with Gasteiger partial charge in [0, 0.05) is 25.5 Å². The van der Waals surface area contributed by atoms with Gasteiger partial charge in [-0.3, -0.25) is 9.69 Å². The summed E-state index contributed by atoms with van der Waals surface area (Å²) in [7, 11) is -2.27. The van der Waals surface area contributed by atoms with Crippen LogP contribution in [0.25, 0.3) is 6.08 Å².